The second-order valence-corrected chi connectivity index (χ2v) is 7.67. The first-order chi connectivity index (χ1) is 11.2. The zero-order valence-corrected chi connectivity index (χ0v) is 16.3. The fraction of sp³-hybridized carbons (Fsp3) is 0.647. The molecule has 1 heterocycles. The molecule has 2 N–H and O–H groups in total. The van der Waals surface area contributed by atoms with Gasteiger partial charge in [-0.1, -0.05) is 0 Å². The van der Waals surface area contributed by atoms with Crippen LogP contribution in [0, 0.1) is 13.8 Å². The molecule has 0 bridgehead atoms. The zero-order valence-electron chi connectivity index (χ0n) is 16.3. The monoisotopic (exact) mass is 352 g/mol. The van der Waals surface area contributed by atoms with Crippen molar-refractivity contribution in [1.82, 2.24) is 9.97 Å². The number of rotatable bonds is 2. The van der Waals surface area contributed by atoms with Gasteiger partial charge in [-0.25, -0.2) is 19.6 Å². The normalized spacial score (nSPS) is 11.9. The lowest BCUT2D eigenvalue weighted by atomic mass is 10.2. The van der Waals surface area contributed by atoms with Gasteiger partial charge in [0.15, 0.2) is 0 Å². The number of ether oxygens (including phenoxy) is 2. The van der Waals surface area contributed by atoms with Crippen molar-refractivity contribution in [2.45, 2.75) is 73.1 Å². The molecule has 1 rings (SSSR count). The third kappa shape index (κ3) is 5.97. The van der Waals surface area contributed by atoms with Crippen LogP contribution in [-0.2, 0) is 16.0 Å². The van der Waals surface area contributed by atoms with E-state index in [0.29, 0.717) is 16.3 Å². The summed E-state index contributed by atoms with van der Waals surface area (Å²) in [6.07, 6.45) is -1.80. The molecule has 1 aromatic rings. The van der Waals surface area contributed by atoms with Crippen molar-refractivity contribution < 1.29 is 19.1 Å². The molecule has 1 aromatic heterocycles. The molecule has 0 fully saturated rings. The van der Waals surface area contributed by atoms with Crippen molar-refractivity contribution >= 4 is 18.1 Å². The quantitative estimate of drug-likeness (QED) is 0.870. The first-order valence-corrected chi connectivity index (χ1v) is 8.05. The zero-order chi connectivity index (χ0) is 19.6. The Morgan fingerprint density at radius 3 is 1.56 bits per heavy atom. The molecule has 8 heteroatoms. The maximum atomic E-state index is 12.6. The number of anilines is 1. The number of nitrogens with zero attached hydrogens (tertiary/aromatic N) is 3. The number of nitrogens with two attached hydrogens (primary N) is 1. The molecular formula is C17H28N4O4. The number of amides is 2. The third-order valence-corrected chi connectivity index (χ3v) is 2.97. The smallest absolute Gasteiger partial charge is 0.427 e. The topological polar surface area (TPSA) is 108 Å². The minimum absolute atomic E-state index is 0.101. The van der Waals surface area contributed by atoms with Crippen LogP contribution >= 0.6 is 0 Å². The lowest BCUT2D eigenvalue weighted by Gasteiger charge is -2.27. The molecule has 0 aliphatic carbocycles. The highest BCUT2D eigenvalue weighted by Gasteiger charge is 2.35. The van der Waals surface area contributed by atoms with E-state index in [0.717, 1.165) is 5.56 Å². The SMILES string of the molecule is Cc1nc(N(C(=O)OC(C)(C)C)C(=O)OC(C)(C)C)nc(C)c1CN. The summed E-state index contributed by atoms with van der Waals surface area (Å²) in [5.41, 5.74) is 6.03. The van der Waals surface area contributed by atoms with Crippen LogP contribution in [0.5, 0.6) is 0 Å². The Morgan fingerprint density at radius 2 is 1.28 bits per heavy atom. The molecule has 0 unspecified atom stereocenters. The van der Waals surface area contributed by atoms with Gasteiger partial charge in [0, 0.05) is 23.5 Å². The maximum Gasteiger partial charge on any atom is 0.427 e. The molecule has 8 nitrogen and oxygen atoms in total. The average molecular weight is 352 g/mol. The number of hydrogen-bond donors (Lipinski definition) is 1. The molecule has 0 spiro atoms. The standard InChI is InChI=1S/C17H28N4O4/c1-10-12(9-18)11(2)20-13(19-10)21(14(22)24-16(3,4)5)15(23)25-17(6,7)8/h9,18H2,1-8H3. The molecule has 0 saturated heterocycles. The van der Waals surface area contributed by atoms with Crippen molar-refractivity contribution in [1.29, 1.82) is 0 Å². The van der Waals surface area contributed by atoms with Crippen molar-refractivity contribution in [3.8, 4) is 0 Å². The molecule has 0 aromatic carbocycles. The number of carbonyl (C=O) groups excluding carboxylic acids is 2. The average Bonchev–Trinajstić information content (AvgIpc) is 2.33. The summed E-state index contributed by atoms with van der Waals surface area (Å²) in [6, 6.07) is 0. The van der Waals surface area contributed by atoms with Crippen LogP contribution in [0.2, 0.25) is 0 Å². The Balaban J connectivity index is 3.36. The molecule has 0 aliphatic rings. The fourth-order valence-electron chi connectivity index (χ4n) is 1.97. The van der Waals surface area contributed by atoms with E-state index in [2.05, 4.69) is 9.97 Å². The van der Waals surface area contributed by atoms with Gasteiger partial charge in [0.1, 0.15) is 11.2 Å². The number of hydrogen-bond acceptors (Lipinski definition) is 7. The number of imide groups is 1. The largest absolute Gasteiger partial charge is 0.443 e. The van der Waals surface area contributed by atoms with Crippen LogP contribution in [0.4, 0.5) is 15.5 Å². The van der Waals surface area contributed by atoms with E-state index in [-0.39, 0.29) is 12.5 Å². The Labute approximate surface area is 148 Å². The number of aromatic nitrogens is 2. The van der Waals surface area contributed by atoms with E-state index in [1.807, 2.05) is 0 Å². The summed E-state index contributed by atoms with van der Waals surface area (Å²) in [5.74, 6) is -0.101. The Kier molecular flexibility index (Phi) is 6.12. The Bertz CT molecular complexity index is 609. The molecule has 0 radical (unpaired) electrons. The Hall–Kier alpha value is -2.22. The summed E-state index contributed by atoms with van der Waals surface area (Å²) in [4.78, 5) is 34.3. The van der Waals surface area contributed by atoms with E-state index in [1.54, 1.807) is 55.4 Å². The van der Waals surface area contributed by atoms with Gasteiger partial charge in [-0.15, -0.1) is 4.90 Å². The van der Waals surface area contributed by atoms with Crippen molar-refractivity contribution in [2.75, 3.05) is 4.90 Å². The predicted octanol–water partition coefficient (Wildman–Crippen LogP) is 3.23. The van der Waals surface area contributed by atoms with E-state index in [4.69, 9.17) is 15.2 Å². The Morgan fingerprint density at radius 1 is 0.920 bits per heavy atom. The summed E-state index contributed by atoms with van der Waals surface area (Å²) in [5, 5.41) is 0. The summed E-state index contributed by atoms with van der Waals surface area (Å²) in [7, 11) is 0. The highest BCUT2D eigenvalue weighted by Crippen LogP contribution is 2.21. The third-order valence-electron chi connectivity index (χ3n) is 2.97. The lowest BCUT2D eigenvalue weighted by Crippen LogP contribution is -2.44. The van der Waals surface area contributed by atoms with Crippen LogP contribution in [0.15, 0.2) is 0 Å². The van der Waals surface area contributed by atoms with Gasteiger partial charge >= 0.3 is 12.2 Å². The summed E-state index contributed by atoms with van der Waals surface area (Å²) >= 11 is 0. The van der Waals surface area contributed by atoms with Crippen molar-refractivity contribution in [2.24, 2.45) is 5.73 Å². The number of aryl methyl sites for hydroxylation is 2. The first-order valence-electron chi connectivity index (χ1n) is 8.05. The second kappa shape index (κ2) is 7.35. The van der Waals surface area contributed by atoms with E-state index in [9.17, 15) is 9.59 Å². The van der Waals surface area contributed by atoms with Gasteiger partial charge in [0.2, 0.25) is 5.95 Å². The molecule has 0 saturated carbocycles. The van der Waals surface area contributed by atoms with Gasteiger partial charge in [-0.3, -0.25) is 0 Å². The summed E-state index contributed by atoms with van der Waals surface area (Å²) < 4.78 is 10.6. The van der Waals surface area contributed by atoms with Crippen LogP contribution in [0.3, 0.4) is 0 Å². The van der Waals surface area contributed by atoms with Gasteiger partial charge in [0.25, 0.3) is 0 Å². The molecular weight excluding hydrogens is 324 g/mol. The van der Waals surface area contributed by atoms with Crippen LogP contribution in [0.1, 0.15) is 58.5 Å². The minimum atomic E-state index is -0.902. The first kappa shape index (κ1) is 20.8. The predicted molar refractivity (Wildman–Crippen MR) is 94.3 cm³/mol. The van der Waals surface area contributed by atoms with Crippen molar-refractivity contribution in [3.63, 3.8) is 0 Å². The van der Waals surface area contributed by atoms with Gasteiger partial charge in [0.05, 0.1) is 0 Å². The van der Waals surface area contributed by atoms with Gasteiger partial charge in [-0.2, -0.15) is 0 Å². The molecule has 0 aliphatic heterocycles. The van der Waals surface area contributed by atoms with E-state index >= 15 is 0 Å². The lowest BCUT2D eigenvalue weighted by molar-refractivity contribution is 0.0427. The van der Waals surface area contributed by atoms with Crippen LogP contribution in [0.25, 0.3) is 0 Å². The fourth-order valence-corrected chi connectivity index (χ4v) is 1.97. The van der Waals surface area contributed by atoms with Gasteiger partial charge in [-0.05, 0) is 55.4 Å². The number of carbonyl (C=O) groups is 2. The highest BCUT2D eigenvalue weighted by atomic mass is 16.6. The molecule has 25 heavy (non-hydrogen) atoms. The minimum Gasteiger partial charge on any atom is -0.443 e. The van der Waals surface area contributed by atoms with Gasteiger partial charge < -0.3 is 15.2 Å². The maximum absolute atomic E-state index is 12.6. The summed E-state index contributed by atoms with van der Waals surface area (Å²) in [6.45, 7) is 13.9. The molecule has 0 atom stereocenters. The second-order valence-electron chi connectivity index (χ2n) is 7.67. The highest BCUT2D eigenvalue weighted by molar-refractivity contribution is 6.08. The van der Waals surface area contributed by atoms with E-state index in [1.165, 1.54) is 0 Å². The van der Waals surface area contributed by atoms with Crippen molar-refractivity contribution in [3.05, 3.63) is 17.0 Å². The molecule has 140 valence electrons. The van der Waals surface area contributed by atoms with Crippen LogP contribution in [-0.4, -0.2) is 33.4 Å². The van der Waals surface area contributed by atoms with E-state index < -0.39 is 23.4 Å². The molecule has 2 amide bonds. The van der Waals surface area contributed by atoms with Crippen LogP contribution < -0.4 is 10.6 Å².